The van der Waals surface area contributed by atoms with Gasteiger partial charge in [-0.1, -0.05) is 72.8 Å². The molecule has 1 heterocycles. The average molecular weight is 551 g/mol. The number of benzene rings is 4. The molecule has 5 rings (SSSR count). The normalized spacial score (nSPS) is 17.4. The highest BCUT2D eigenvalue weighted by Gasteiger charge is 2.30. The lowest BCUT2D eigenvalue weighted by atomic mass is 10.0. The average Bonchev–Trinajstić information content (AvgIpc) is 3.14. The summed E-state index contributed by atoms with van der Waals surface area (Å²) in [6, 6.07) is 28.1. The summed E-state index contributed by atoms with van der Waals surface area (Å²) in [6.45, 7) is 2.16. The molecule has 4 aromatic carbocycles. The Kier molecular flexibility index (Phi) is 9.11. The summed E-state index contributed by atoms with van der Waals surface area (Å²) in [5.41, 5.74) is 12.8. The molecule has 1 aliphatic heterocycles. The van der Waals surface area contributed by atoms with E-state index in [0.29, 0.717) is 44.6 Å². The molecule has 1 aliphatic rings. The molecule has 8 nitrogen and oxygen atoms in total. The fourth-order valence-corrected chi connectivity index (χ4v) is 5.48. The van der Waals surface area contributed by atoms with E-state index in [1.54, 1.807) is 0 Å². The number of nitrogens with one attached hydrogen (secondary N) is 2. The third-order valence-corrected chi connectivity index (χ3v) is 7.74. The van der Waals surface area contributed by atoms with Crippen LogP contribution in [0.4, 0.5) is 0 Å². The molecule has 0 unspecified atom stereocenters. The summed E-state index contributed by atoms with van der Waals surface area (Å²) in [6.07, 6.45) is 2.81. The van der Waals surface area contributed by atoms with E-state index in [-0.39, 0.29) is 29.9 Å². The molecule has 2 amide bonds. The van der Waals surface area contributed by atoms with Crippen LogP contribution in [0.5, 0.6) is 0 Å². The number of carbonyl (C=O) groups is 2. The predicted molar refractivity (Wildman–Crippen MR) is 166 cm³/mol. The minimum atomic E-state index is -0.370. The molecule has 1 saturated heterocycles. The minimum absolute atomic E-state index is 0.0397. The first-order valence-electron chi connectivity index (χ1n) is 14.3. The van der Waals surface area contributed by atoms with Crippen molar-refractivity contribution in [2.75, 3.05) is 26.2 Å². The van der Waals surface area contributed by atoms with E-state index in [0.717, 1.165) is 23.6 Å². The second kappa shape index (κ2) is 13.3. The third-order valence-electron chi connectivity index (χ3n) is 7.74. The molecule has 0 aromatic heterocycles. The van der Waals surface area contributed by atoms with E-state index in [9.17, 15) is 9.59 Å². The molecule has 4 aromatic rings. The van der Waals surface area contributed by atoms with Crippen molar-refractivity contribution in [3.63, 3.8) is 0 Å². The molecule has 8 heteroatoms. The van der Waals surface area contributed by atoms with Crippen molar-refractivity contribution in [3.8, 4) is 0 Å². The number of hydrogen-bond acceptors (Lipinski definition) is 4. The number of fused-ring (bicyclic) bond motifs is 2. The van der Waals surface area contributed by atoms with Gasteiger partial charge in [0.25, 0.3) is 5.91 Å². The van der Waals surface area contributed by atoms with Gasteiger partial charge < -0.3 is 27.0 Å². The number of hydrogen-bond donors (Lipinski definition) is 4. The molecule has 212 valence electrons. The molecule has 1 fully saturated rings. The largest absolute Gasteiger partial charge is 0.370 e. The summed E-state index contributed by atoms with van der Waals surface area (Å²) in [5.74, 6) is 0.0147. The summed E-state index contributed by atoms with van der Waals surface area (Å²) in [7, 11) is 0. The van der Waals surface area contributed by atoms with Crippen molar-refractivity contribution in [1.29, 1.82) is 0 Å². The van der Waals surface area contributed by atoms with Crippen LogP contribution in [0.1, 0.15) is 35.2 Å². The highest BCUT2D eigenvalue weighted by atomic mass is 16.2. The van der Waals surface area contributed by atoms with E-state index in [2.05, 4.69) is 46.0 Å². The maximum absolute atomic E-state index is 13.6. The Morgan fingerprint density at radius 2 is 1.61 bits per heavy atom. The van der Waals surface area contributed by atoms with Crippen molar-refractivity contribution >= 4 is 39.3 Å². The number of carbonyl (C=O) groups excluding carboxylic acids is 2. The standard InChI is InChI=1S/C33H38N6O2/c34-33(35)36-17-5-10-30-32(41)39(18-15-23-11-12-24-6-1-3-8-26(24)20-23)19-16-29(38-30)22-37-31(40)28-14-13-25-7-2-4-9-27(25)21-28/h1-4,6-9,11-14,20-21,29-30,38H,5,10,15-19,22H2,(H,37,40)(H4,34,35,36)/t29-,30-/m1/s1. The number of nitrogens with two attached hydrogens (primary N) is 2. The summed E-state index contributed by atoms with van der Waals surface area (Å²) < 4.78 is 0. The van der Waals surface area contributed by atoms with Crippen LogP contribution < -0.4 is 22.1 Å². The maximum atomic E-state index is 13.6. The van der Waals surface area contributed by atoms with Gasteiger partial charge >= 0.3 is 0 Å². The SMILES string of the molecule is NC(N)=NCCC[C@H]1N[C@@H](CNC(=O)c2ccc3ccccc3c2)CCN(CCc2ccc3ccccc3c2)C1=O. The number of amides is 2. The van der Waals surface area contributed by atoms with E-state index in [1.807, 2.05) is 59.5 Å². The van der Waals surface area contributed by atoms with Crippen LogP contribution in [0.15, 0.2) is 89.9 Å². The monoisotopic (exact) mass is 550 g/mol. The second-order valence-electron chi connectivity index (χ2n) is 10.7. The van der Waals surface area contributed by atoms with Gasteiger partial charge in [0.05, 0.1) is 6.04 Å². The highest BCUT2D eigenvalue weighted by Crippen LogP contribution is 2.18. The van der Waals surface area contributed by atoms with E-state index in [4.69, 9.17) is 11.5 Å². The van der Waals surface area contributed by atoms with Gasteiger partial charge in [0.15, 0.2) is 5.96 Å². The van der Waals surface area contributed by atoms with Crippen LogP contribution in [0.3, 0.4) is 0 Å². The first-order valence-corrected chi connectivity index (χ1v) is 14.3. The fraction of sp³-hybridized carbons (Fsp3) is 0.303. The van der Waals surface area contributed by atoms with E-state index in [1.165, 1.54) is 16.3 Å². The van der Waals surface area contributed by atoms with Gasteiger partial charge in [-0.15, -0.1) is 0 Å². The van der Waals surface area contributed by atoms with Crippen molar-refractivity contribution in [2.24, 2.45) is 16.5 Å². The molecule has 41 heavy (non-hydrogen) atoms. The fourth-order valence-electron chi connectivity index (χ4n) is 5.48. The van der Waals surface area contributed by atoms with Crippen LogP contribution in [0.25, 0.3) is 21.5 Å². The Labute approximate surface area is 240 Å². The van der Waals surface area contributed by atoms with Crippen molar-refractivity contribution in [3.05, 3.63) is 96.1 Å². The lowest BCUT2D eigenvalue weighted by Crippen LogP contribution is -2.49. The van der Waals surface area contributed by atoms with Gasteiger partial charge in [-0.05, 0) is 64.9 Å². The number of aliphatic imine (C=N–C) groups is 1. The zero-order valence-electron chi connectivity index (χ0n) is 23.3. The predicted octanol–water partition coefficient (Wildman–Crippen LogP) is 3.58. The van der Waals surface area contributed by atoms with Gasteiger partial charge in [0, 0.05) is 37.8 Å². The van der Waals surface area contributed by atoms with Gasteiger partial charge in [0.2, 0.25) is 5.91 Å². The summed E-state index contributed by atoms with van der Waals surface area (Å²) in [4.78, 5) is 32.7. The maximum Gasteiger partial charge on any atom is 0.251 e. The number of guanidine groups is 1. The molecule has 0 radical (unpaired) electrons. The Bertz CT molecular complexity index is 1550. The molecule has 6 N–H and O–H groups in total. The lowest BCUT2D eigenvalue weighted by molar-refractivity contribution is -0.132. The zero-order chi connectivity index (χ0) is 28.6. The van der Waals surface area contributed by atoms with Crippen molar-refractivity contribution < 1.29 is 9.59 Å². The highest BCUT2D eigenvalue weighted by molar-refractivity contribution is 5.98. The first-order chi connectivity index (χ1) is 20.0. The summed E-state index contributed by atoms with van der Waals surface area (Å²) in [5, 5.41) is 11.1. The number of rotatable bonds is 10. The second-order valence-corrected chi connectivity index (χ2v) is 10.7. The Morgan fingerprint density at radius 1 is 0.927 bits per heavy atom. The van der Waals surface area contributed by atoms with E-state index >= 15 is 0 Å². The lowest BCUT2D eigenvalue weighted by Gasteiger charge is -2.25. The van der Waals surface area contributed by atoms with Crippen LogP contribution in [0, 0.1) is 0 Å². The zero-order valence-corrected chi connectivity index (χ0v) is 23.3. The third kappa shape index (κ3) is 7.41. The van der Waals surface area contributed by atoms with Gasteiger partial charge in [-0.25, -0.2) is 0 Å². The molecular formula is C33H38N6O2. The molecule has 0 saturated carbocycles. The van der Waals surface area contributed by atoms with Crippen molar-refractivity contribution in [1.82, 2.24) is 15.5 Å². The molecule has 0 spiro atoms. The Balaban J connectivity index is 1.23. The summed E-state index contributed by atoms with van der Waals surface area (Å²) >= 11 is 0. The quantitative estimate of drug-likeness (QED) is 0.136. The Morgan fingerprint density at radius 3 is 2.34 bits per heavy atom. The van der Waals surface area contributed by atoms with Crippen LogP contribution >= 0.6 is 0 Å². The Hall–Kier alpha value is -4.43. The first kappa shape index (κ1) is 28.1. The minimum Gasteiger partial charge on any atom is -0.370 e. The van der Waals surface area contributed by atoms with Crippen LogP contribution in [-0.4, -0.2) is 60.9 Å². The molecule has 2 atom stereocenters. The molecule has 0 aliphatic carbocycles. The van der Waals surface area contributed by atoms with Gasteiger partial charge in [-0.2, -0.15) is 0 Å². The van der Waals surface area contributed by atoms with Crippen LogP contribution in [-0.2, 0) is 11.2 Å². The van der Waals surface area contributed by atoms with Gasteiger partial charge in [0.1, 0.15) is 0 Å². The van der Waals surface area contributed by atoms with E-state index < -0.39 is 0 Å². The smallest absolute Gasteiger partial charge is 0.251 e. The topological polar surface area (TPSA) is 126 Å². The number of nitrogens with zero attached hydrogens (tertiary/aromatic N) is 2. The van der Waals surface area contributed by atoms with Crippen LogP contribution in [0.2, 0.25) is 0 Å². The molecule has 0 bridgehead atoms. The van der Waals surface area contributed by atoms with Gasteiger partial charge in [-0.3, -0.25) is 14.6 Å². The van der Waals surface area contributed by atoms with Crippen molar-refractivity contribution in [2.45, 2.75) is 37.8 Å². The molecular weight excluding hydrogens is 512 g/mol.